The molecule has 1 radical (unpaired) electrons. The summed E-state index contributed by atoms with van der Waals surface area (Å²) < 4.78 is 0. The maximum atomic E-state index is 3.35. The summed E-state index contributed by atoms with van der Waals surface area (Å²) >= 11 is 0. The first-order valence-corrected chi connectivity index (χ1v) is 4.38. The van der Waals surface area contributed by atoms with E-state index in [4.69, 9.17) is 0 Å². The lowest BCUT2D eigenvalue weighted by Gasteiger charge is -2.29. The Labute approximate surface area is 73.2 Å². The molecular weight excluding hydrogens is 148 g/mol. The molecule has 2 heteroatoms. The topological polar surface area (TPSA) is 15.3 Å². The molecule has 0 unspecified atom stereocenters. The van der Waals surface area contributed by atoms with Crippen LogP contribution in [0.15, 0.2) is 24.3 Å². The number of hydrogen-bond donors (Lipinski definition) is 1. The molecule has 1 aromatic carbocycles. The largest absolute Gasteiger partial charge is 0.359 e. The molecule has 1 N–H and O–H groups in total. The molecule has 0 saturated carbocycles. The van der Waals surface area contributed by atoms with Crippen molar-refractivity contribution < 1.29 is 0 Å². The number of nitrogens with one attached hydrogen (secondary N) is 1. The van der Waals surface area contributed by atoms with Crippen LogP contribution in [0.3, 0.4) is 0 Å². The SMILES string of the molecule is [c]1cccc(N2CCCNC2)c1. The molecule has 1 heterocycles. The number of rotatable bonds is 1. The van der Waals surface area contributed by atoms with E-state index in [2.05, 4.69) is 22.3 Å². The fourth-order valence-corrected chi connectivity index (χ4v) is 1.49. The number of nitrogens with zero attached hydrogens (tertiary/aromatic N) is 1. The third-order valence-corrected chi connectivity index (χ3v) is 2.14. The summed E-state index contributed by atoms with van der Waals surface area (Å²) in [4.78, 5) is 2.33. The van der Waals surface area contributed by atoms with E-state index in [0.717, 1.165) is 19.8 Å². The van der Waals surface area contributed by atoms with Crippen LogP contribution in [0.5, 0.6) is 0 Å². The Morgan fingerprint density at radius 1 is 1.50 bits per heavy atom. The van der Waals surface area contributed by atoms with Gasteiger partial charge in [-0.2, -0.15) is 0 Å². The fraction of sp³-hybridized carbons (Fsp3) is 0.400. The second-order valence-electron chi connectivity index (χ2n) is 3.04. The number of hydrogen-bond acceptors (Lipinski definition) is 2. The summed E-state index contributed by atoms with van der Waals surface area (Å²) in [7, 11) is 0. The molecule has 0 aromatic heterocycles. The van der Waals surface area contributed by atoms with Crippen molar-refractivity contribution in [3.05, 3.63) is 30.3 Å². The smallest absolute Gasteiger partial charge is 0.0682 e. The van der Waals surface area contributed by atoms with Crippen LogP contribution in [-0.2, 0) is 0 Å². The fourth-order valence-electron chi connectivity index (χ4n) is 1.49. The zero-order valence-corrected chi connectivity index (χ0v) is 7.09. The van der Waals surface area contributed by atoms with Crippen molar-refractivity contribution >= 4 is 5.69 Å². The van der Waals surface area contributed by atoms with Gasteiger partial charge in [0.2, 0.25) is 0 Å². The Hall–Kier alpha value is -1.02. The Kier molecular flexibility index (Phi) is 2.28. The van der Waals surface area contributed by atoms with Crippen LogP contribution in [0.4, 0.5) is 5.69 Å². The summed E-state index contributed by atoms with van der Waals surface area (Å²) in [6.07, 6.45) is 1.23. The lowest BCUT2D eigenvalue weighted by atomic mass is 10.2. The van der Waals surface area contributed by atoms with Gasteiger partial charge in [-0.1, -0.05) is 12.1 Å². The van der Waals surface area contributed by atoms with E-state index in [1.807, 2.05) is 18.2 Å². The second-order valence-corrected chi connectivity index (χ2v) is 3.04. The predicted molar refractivity (Wildman–Crippen MR) is 50.1 cm³/mol. The molecule has 0 aliphatic carbocycles. The molecule has 0 amide bonds. The molecule has 2 nitrogen and oxygen atoms in total. The van der Waals surface area contributed by atoms with Gasteiger partial charge in [0.05, 0.1) is 6.67 Å². The van der Waals surface area contributed by atoms with Crippen LogP contribution in [0, 0.1) is 6.07 Å². The first-order chi connectivity index (χ1) is 5.97. The highest BCUT2D eigenvalue weighted by atomic mass is 15.2. The maximum Gasteiger partial charge on any atom is 0.0682 e. The van der Waals surface area contributed by atoms with Gasteiger partial charge in [0.25, 0.3) is 0 Å². The standard InChI is InChI=1S/C10H13N2/c1-2-5-10(6-3-1)12-8-4-7-11-9-12/h1-2,5-6,11H,4,7-9H2. The van der Waals surface area contributed by atoms with Gasteiger partial charge in [0, 0.05) is 12.2 Å². The van der Waals surface area contributed by atoms with Crippen molar-refractivity contribution in [2.75, 3.05) is 24.7 Å². The highest BCUT2D eigenvalue weighted by molar-refractivity contribution is 5.45. The lowest BCUT2D eigenvalue weighted by molar-refractivity contribution is 0.553. The second kappa shape index (κ2) is 3.59. The molecular formula is C10H13N2. The van der Waals surface area contributed by atoms with Crippen molar-refractivity contribution in [2.24, 2.45) is 0 Å². The van der Waals surface area contributed by atoms with Gasteiger partial charge < -0.3 is 4.90 Å². The van der Waals surface area contributed by atoms with Crippen LogP contribution in [0.1, 0.15) is 6.42 Å². The van der Waals surface area contributed by atoms with E-state index in [1.165, 1.54) is 12.1 Å². The maximum absolute atomic E-state index is 3.35. The van der Waals surface area contributed by atoms with Gasteiger partial charge in [0.15, 0.2) is 0 Å². The third-order valence-electron chi connectivity index (χ3n) is 2.14. The molecule has 1 aromatic rings. The molecule has 0 spiro atoms. The number of anilines is 1. The number of benzene rings is 1. The summed E-state index contributed by atoms with van der Waals surface area (Å²) in [5.41, 5.74) is 1.27. The average Bonchev–Trinajstić information content (AvgIpc) is 2.21. The Morgan fingerprint density at radius 2 is 2.50 bits per heavy atom. The third kappa shape index (κ3) is 1.59. The molecule has 0 atom stereocenters. The normalized spacial score (nSPS) is 17.8. The van der Waals surface area contributed by atoms with Gasteiger partial charge in [-0.25, -0.2) is 0 Å². The summed E-state index contributed by atoms with van der Waals surface area (Å²) in [5, 5.41) is 3.35. The van der Waals surface area contributed by atoms with Gasteiger partial charge >= 0.3 is 0 Å². The average molecular weight is 161 g/mol. The van der Waals surface area contributed by atoms with E-state index < -0.39 is 0 Å². The van der Waals surface area contributed by atoms with Crippen molar-refractivity contribution in [1.29, 1.82) is 0 Å². The first kappa shape index (κ1) is 7.62. The molecule has 1 fully saturated rings. The van der Waals surface area contributed by atoms with Crippen molar-refractivity contribution in [3.8, 4) is 0 Å². The first-order valence-electron chi connectivity index (χ1n) is 4.38. The Morgan fingerprint density at radius 3 is 3.17 bits per heavy atom. The Bertz CT molecular complexity index is 227. The summed E-state index contributed by atoms with van der Waals surface area (Å²) in [6.45, 7) is 3.27. The van der Waals surface area contributed by atoms with Crippen molar-refractivity contribution in [1.82, 2.24) is 5.32 Å². The van der Waals surface area contributed by atoms with E-state index in [1.54, 1.807) is 0 Å². The van der Waals surface area contributed by atoms with E-state index in [9.17, 15) is 0 Å². The van der Waals surface area contributed by atoms with Crippen LogP contribution in [0.2, 0.25) is 0 Å². The highest BCUT2D eigenvalue weighted by Crippen LogP contribution is 2.13. The van der Waals surface area contributed by atoms with E-state index >= 15 is 0 Å². The van der Waals surface area contributed by atoms with Crippen molar-refractivity contribution in [3.63, 3.8) is 0 Å². The zero-order valence-electron chi connectivity index (χ0n) is 7.09. The van der Waals surface area contributed by atoms with Gasteiger partial charge in [0.1, 0.15) is 0 Å². The molecule has 2 rings (SSSR count). The monoisotopic (exact) mass is 161 g/mol. The minimum atomic E-state index is 0.970. The highest BCUT2D eigenvalue weighted by Gasteiger charge is 2.08. The van der Waals surface area contributed by atoms with Crippen LogP contribution in [0.25, 0.3) is 0 Å². The minimum Gasteiger partial charge on any atom is -0.359 e. The van der Waals surface area contributed by atoms with Crippen LogP contribution < -0.4 is 10.2 Å². The van der Waals surface area contributed by atoms with Gasteiger partial charge in [-0.3, -0.25) is 5.32 Å². The Balaban J connectivity index is 2.08. The molecule has 63 valence electrons. The molecule has 1 saturated heterocycles. The molecule has 12 heavy (non-hydrogen) atoms. The van der Waals surface area contributed by atoms with Crippen LogP contribution >= 0.6 is 0 Å². The minimum absolute atomic E-state index is 0.970. The summed E-state index contributed by atoms with van der Waals surface area (Å²) in [5.74, 6) is 0. The van der Waals surface area contributed by atoms with E-state index in [-0.39, 0.29) is 0 Å². The predicted octanol–water partition coefficient (Wildman–Crippen LogP) is 1.24. The van der Waals surface area contributed by atoms with Crippen molar-refractivity contribution in [2.45, 2.75) is 6.42 Å². The molecule has 0 bridgehead atoms. The zero-order chi connectivity index (χ0) is 8.23. The quantitative estimate of drug-likeness (QED) is 0.666. The molecule has 1 aliphatic rings. The van der Waals surface area contributed by atoms with Crippen LogP contribution in [-0.4, -0.2) is 19.8 Å². The lowest BCUT2D eigenvalue weighted by Crippen LogP contribution is -2.41. The van der Waals surface area contributed by atoms with E-state index in [0.29, 0.717) is 0 Å². The summed E-state index contributed by atoms with van der Waals surface area (Å²) in [6, 6.07) is 11.2. The molecule has 1 aliphatic heterocycles. The van der Waals surface area contributed by atoms with Gasteiger partial charge in [-0.05, 0) is 31.2 Å². The van der Waals surface area contributed by atoms with Gasteiger partial charge in [-0.15, -0.1) is 0 Å².